The zero-order chi connectivity index (χ0) is 18.3. The van der Waals surface area contributed by atoms with Crippen LogP contribution in [0, 0.1) is 0 Å². The average molecular weight is 361 g/mol. The summed E-state index contributed by atoms with van der Waals surface area (Å²) in [7, 11) is -3.19. The summed E-state index contributed by atoms with van der Waals surface area (Å²) in [5, 5.41) is 3.02. The first-order chi connectivity index (χ1) is 11.9. The van der Waals surface area contributed by atoms with E-state index in [1.54, 1.807) is 12.1 Å². The molecule has 0 aliphatic heterocycles. The Labute approximate surface area is 148 Å². The van der Waals surface area contributed by atoms with Crippen molar-refractivity contribution in [3.05, 3.63) is 54.1 Å². The van der Waals surface area contributed by atoms with Gasteiger partial charge in [0.2, 0.25) is 0 Å². The first kappa shape index (κ1) is 18.8. The number of nitrogens with zero attached hydrogens (tertiary/aromatic N) is 1. The van der Waals surface area contributed by atoms with Gasteiger partial charge in [0, 0.05) is 11.9 Å². The second-order valence-electron chi connectivity index (χ2n) is 5.53. The Hall–Kier alpha value is -2.54. The van der Waals surface area contributed by atoms with E-state index in [0.29, 0.717) is 24.9 Å². The van der Waals surface area contributed by atoms with E-state index in [4.69, 9.17) is 10.5 Å². The number of anilines is 1. The molecule has 0 heterocycles. The maximum absolute atomic E-state index is 11.4. The molecule has 3 N–H and O–H groups in total. The molecular weight excluding hydrogens is 338 g/mol. The van der Waals surface area contributed by atoms with E-state index in [1.807, 2.05) is 24.3 Å². The largest absolute Gasteiger partial charge is 0.492 e. The molecule has 134 valence electrons. The molecule has 6 nitrogen and oxygen atoms in total. The number of ether oxygens (including phenoxy) is 1. The Morgan fingerprint density at radius 1 is 1.12 bits per heavy atom. The normalized spacial score (nSPS) is 12.0. The maximum Gasteiger partial charge on any atom is 0.193 e. The van der Waals surface area contributed by atoms with Crippen molar-refractivity contribution >= 4 is 21.5 Å². The van der Waals surface area contributed by atoms with Crippen LogP contribution in [0.5, 0.6) is 5.75 Å². The Kier molecular flexibility index (Phi) is 6.41. The number of sulfone groups is 1. The van der Waals surface area contributed by atoms with Crippen molar-refractivity contribution in [3.8, 4) is 5.75 Å². The summed E-state index contributed by atoms with van der Waals surface area (Å²) in [5.74, 6) is 0.907. The third-order valence-electron chi connectivity index (χ3n) is 3.53. The van der Waals surface area contributed by atoms with Crippen molar-refractivity contribution in [2.24, 2.45) is 10.7 Å². The second-order valence-corrected chi connectivity index (χ2v) is 7.55. The number of nitrogens with one attached hydrogen (secondary N) is 1. The highest BCUT2D eigenvalue weighted by Gasteiger charge is 2.06. The van der Waals surface area contributed by atoms with Crippen molar-refractivity contribution in [3.63, 3.8) is 0 Å². The van der Waals surface area contributed by atoms with Crippen LogP contribution < -0.4 is 15.8 Å². The Morgan fingerprint density at radius 2 is 1.76 bits per heavy atom. The molecule has 0 saturated carbocycles. The Bertz CT molecular complexity index is 814. The lowest BCUT2D eigenvalue weighted by Gasteiger charge is -2.08. The number of hydrogen-bond acceptors (Lipinski definition) is 4. The minimum Gasteiger partial charge on any atom is -0.492 e. The number of guanidine groups is 1. The molecule has 0 bridgehead atoms. The van der Waals surface area contributed by atoms with Gasteiger partial charge in [-0.25, -0.2) is 13.4 Å². The van der Waals surface area contributed by atoms with Gasteiger partial charge in [0.15, 0.2) is 15.8 Å². The fourth-order valence-electron chi connectivity index (χ4n) is 2.12. The topological polar surface area (TPSA) is 93.8 Å². The zero-order valence-corrected chi connectivity index (χ0v) is 15.2. The van der Waals surface area contributed by atoms with Crippen LogP contribution in [0.25, 0.3) is 0 Å². The molecule has 0 aliphatic carbocycles. The van der Waals surface area contributed by atoms with Crippen molar-refractivity contribution in [2.75, 3.05) is 24.7 Å². The molecule has 0 amide bonds. The van der Waals surface area contributed by atoms with Crippen molar-refractivity contribution in [1.29, 1.82) is 0 Å². The van der Waals surface area contributed by atoms with E-state index in [-0.39, 0.29) is 4.90 Å². The molecule has 0 fully saturated rings. The van der Waals surface area contributed by atoms with Gasteiger partial charge in [0.05, 0.1) is 11.4 Å². The molecule has 0 unspecified atom stereocenters. The number of rotatable bonds is 7. The molecule has 0 saturated heterocycles. The molecule has 2 aromatic carbocycles. The first-order valence-corrected chi connectivity index (χ1v) is 9.86. The summed E-state index contributed by atoms with van der Waals surface area (Å²) < 4.78 is 28.3. The number of nitrogens with two attached hydrogens (primary N) is 1. The second kappa shape index (κ2) is 8.53. The summed E-state index contributed by atoms with van der Waals surface area (Å²) in [6, 6.07) is 14.3. The fourth-order valence-corrected chi connectivity index (χ4v) is 2.75. The van der Waals surface area contributed by atoms with Gasteiger partial charge < -0.3 is 15.8 Å². The van der Waals surface area contributed by atoms with Gasteiger partial charge in [-0.05, 0) is 48.4 Å². The zero-order valence-electron chi connectivity index (χ0n) is 14.4. The van der Waals surface area contributed by atoms with Crippen LogP contribution in [0.1, 0.15) is 12.5 Å². The van der Waals surface area contributed by atoms with Crippen molar-refractivity contribution in [1.82, 2.24) is 0 Å². The number of aryl methyl sites for hydroxylation is 1. The predicted octanol–water partition coefficient (Wildman–Crippen LogP) is 2.46. The highest BCUT2D eigenvalue weighted by molar-refractivity contribution is 7.90. The van der Waals surface area contributed by atoms with Crippen LogP contribution >= 0.6 is 0 Å². The lowest BCUT2D eigenvalue weighted by molar-refractivity contribution is 0.328. The highest BCUT2D eigenvalue weighted by Crippen LogP contribution is 2.15. The van der Waals surface area contributed by atoms with E-state index in [0.717, 1.165) is 12.1 Å². The average Bonchev–Trinajstić information content (AvgIpc) is 2.59. The lowest BCUT2D eigenvalue weighted by atomic mass is 10.1. The SMILES string of the molecule is CCc1ccc(NC(N)=NCCOc2ccc(S(C)(=O)=O)cc2)cc1. The summed E-state index contributed by atoms with van der Waals surface area (Å²) in [5.41, 5.74) is 7.99. The molecule has 0 aliphatic rings. The quantitative estimate of drug-likeness (QED) is 0.449. The minimum absolute atomic E-state index is 0.264. The Balaban J connectivity index is 1.79. The Morgan fingerprint density at radius 3 is 2.32 bits per heavy atom. The van der Waals surface area contributed by atoms with E-state index in [9.17, 15) is 8.42 Å². The van der Waals surface area contributed by atoms with Gasteiger partial charge in [-0.2, -0.15) is 0 Å². The maximum atomic E-state index is 11.4. The summed E-state index contributed by atoms with van der Waals surface area (Å²) in [4.78, 5) is 4.46. The molecule has 0 spiro atoms. The van der Waals surface area contributed by atoms with Crippen LogP contribution in [0.2, 0.25) is 0 Å². The summed E-state index contributed by atoms with van der Waals surface area (Å²) in [6.07, 6.45) is 2.16. The molecule has 25 heavy (non-hydrogen) atoms. The van der Waals surface area contributed by atoms with Crippen molar-refractivity contribution in [2.45, 2.75) is 18.2 Å². The van der Waals surface area contributed by atoms with Gasteiger partial charge in [-0.1, -0.05) is 19.1 Å². The van der Waals surface area contributed by atoms with E-state index >= 15 is 0 Å². The molecular formula is C18H23N3O3S. The third-order valence-corrected chi connectivity index (χ3v) is 4.66. The van der Waals surface area contributed by atoms with Gasteiger partial charge >= 0.3 is 0 Å². The van der Waals surface area contributed by atoms with Gasteiger partial charge in [0.1, 0.15) is 12.4 Å². The number of aliphatic imine (C=N–C) groups is 1. The molecule has 2 aromatic rings. The lowest BCUT2D eigenvalue weighted by Crippen LogP contribution is -2.23. The van der Waals surface area contributed by atoms with Gasteiger partial charge in [-0.15, -0.1) is 0 Å². The van der Waals surface area contributed by atoms with Gasteiger partial charge in [0.25, 0.3) is 0 Å². The number of hydrogen-bond donors (Lipinski definition) is 2. The van der Waals surface area contributed by atoms with Gasteiger partial charge in [-0.3, -0.25) is 0 Å². The number of benzene rings is 2. The summed E-state index contributed by atoms with van der Waals surface area (Å²) >= 11 is 0. The minimum atomic E-state index is -3.19. The third kappa shape index (κ3) is 6.11. The molecule has 0 atom stereocenters. The van der Waals surface area contributed by atoms with Crippen LogP contribution in [0.15, 0.2) is 58.4 Å². The van der Waals surface area contributed by atoms with E-state index in [1.165, 1.54) is 24.0 Å². The monoisotopic (exact) mass is 361 g/mol. The summed E-state index contributed by atoms with van der Waals surface area (Å²) in [6.45, 7) is 2.84. The molecule has 0 aromatic heterocycles. The van der Waals surface area contributed by atoms with Crippen LogP contribution in [-0.4, -0.2) is 33.8 Å². The molecule has 0 radical (unpaired) electrons. The van der Waals surface area contributed by atoms with Crippen LogP contribution in [-0.2, 0) is 16.3 Å². The van der Waals surface area contributed by atoms with Crippen LogP contribution in [0.4, 0.5) is 5.69 Å². The smallest absolute Gasteiger partial charge is 0.193 e. The fraction of sp³-hybridized carbons (Fsp3) is 0.278. The van der Waals surface area contributed by atoms with Crippen molar-refractivity contribution < 1.29 is 13.2 Å². The standard InChI is InChI=1S/C18H23N3O3S/c1-3-14-4-6-15(7-5-14)21-18(19)20-12-13-24-16-8-10-17(11-9-16)25(2,22)23/h4-11H,3,12-13H2,1-2H3,(H3,19,20,21). The first-order valence-electron chi connectivity index (χ1n) is 7.97. The highest BCUT2D eigenvalue weighted by atomic mass is 32.2. The van der Waals surface area contributed by atoms with E-state index < -0.39 is 9.84 Å². The van der Waals surface area contributed by atoms with E-state index in [2.05, 4.69) is 17.2 Å². The molecule has 2 rings (SSSR count). The predicted molar refractivity (Wildman–Crippen MR) is 101 cm³/mol. The van der Waals surface area contributed by atoms with Crippen LogP contribution in [0.3, 0.4) is 0 Å². The molecule has 7 heteroatoms.